The summed E-state index contributed by atoms with van der Waals surface area (Å²) in [6.07, 6.45) is 1.97. The normalized spacial score (nSPS) is 19.7. The maximum Gasteiger partial charge on any atom is 0.257 e. The number of aryl methyl sites for hydroxylation is 1. The number of ether oxygens (including phenoxy) is 1. The molecule has 1 aromatic rings. The highest BCUT2D eigenvalue weighted by Crippen LogP contribution is 2.24. The molecule has 0 bridgehead atoms. The van der Waals surface area contributed by atoms with Crippen LogP contribution in [0.5, 0.6) is 5.75 Å². The van der Waals surface area contributed by atoms with Gasteiger partial charge in [-0.05, 0) is 31.4 Å². The maximum absolute atomic E-state index is 12.5. The first-order valence-corrected chi connectivity index (χ1v) is 6.32. The first-order chi connectivity index (χ1) is 8.63. The van der Waals surface area contributed by atoms with Crippen LogP contribution in [0.4, 0.5) is 0 Å². The molecule has 4 heteroatoms. The van der Waals surface area contributed by atoms with Gasteiger partial charge >= 0.3 is 0 Å². The van der Waals surface area contributed by atoms with E-state index in [-0.39, 0.29) is 11.9 Å². The molecule has 1 aliphatic rings. The first-order valence-electron chi connectivity index (χ1n) is 6.32. The number of hydrogen-bond acceptors (Lipinski definition) is 3. The summed E-state index contributed by atoms with van der Waals surface area (Å²) in [5, 5.41) is 0. The van der Waals surface area contributed by atoms with Crippen molar-refractivity contribution in [3.63, 3.8) is 0 Å². The first kappa shape index (κ1) is 12.9. The number of nitrogens with zero attached hydrogens (tertiary/aromatic N) is 1. The summed E-state index contributed by atoms with van der Waals surface area (Å²) in [4.78, 5) is 14.4. The van der Waals surface area contributed by atoms with Crippen LogP contribution < -0.4 is 10.5 Å². The lowest BCUT2D eigenvalue weighted by Crippen LogP contribution is -2.45. The van der Waals surface area contributed by atoms with Crippen LogP contribution in [0.15, 0.2) is 18.2 Å². The SMILES string of the molecule is COc1cccc(C)c1C(=O)N1CCCC(N)C1. The molecule has 18 heavy (non-hydrogen) atoms. The molecule has 1 fully saturated rings. The summed E-state index contributed by atoms with van der Waals surface area (Å²) in [7, 11) is 1.59. The van der Waals surface area contributed by atoms with E-state index in [2.05, 4.69) is 0 Å². The number of methoxy groups -OCH3 is 1. The van der Waals surface area contributed by atoms with E-state index < -0.39 is 0 Å². The molecule has 1 aliphatic heterocycles. The molecule has 98 valence electrons. The molecule has 1 amide bonds. The lowest BCUT2D eigenvalue weighted by molar-refractivity contribution is 0.0704. The Bertz CT molecular complexity index is 445. The van der Waals surface area contributed by atoms with Crippen LogP contribution >= 0.6 is 0 Å². The number of benzene rings is 1. The Morgan fingerprint density at radius 1 is 1.50 bits per heavy atom. The number of rotatable bonds is 2. The second-order valence-corrected chi connectivity index (χ2v) is 4.81. The van der Waals surface area contributed by atoms with Gasteiger partial charge in [0.25, 0.3) is 5.91 Å². The standard InChI is InChI=1S/C14H20N2O2/c1-10-5-3-7-12(18-2)13(10)14(17)16-8-4-6-11(15)9-16/h3,5,7,11H,4,6,8-9,15H2,1-2H3. The Balaban J connectivity index is 2.28. The smallest absolute Gasteiger partial charge is 0.257 e. The van der Waals surface area contributed by atoms with Gasteiger partial charge in [-0.1, -0.05) is 12.1 Å². The highest BCUT2D eigenvalue weighted by molar-refractivity contribution is 5.98. The van der Waals surface area contributed by atoms with Gasteiger partial charge in [-0.2, -0.15) is 0 Å². The predicted octanol–water partition coefficient (Wildman–Crippen LogP) is 1.57. The van der Waals surface area contributed by atoms with Crippen LogP contribution in [-0.2, 0) is 0 Å². The summed E-state index contributed by atoms with van der Waals surface area (Å²) < 4.78 is 5.29. The van der Waals surface area contributed by atoms with Crippen molar-refractivity contribution in [1.82, 2.24) is 4.90 Å². The fraction of sp³-hybridized carbons (Fsp3) is 0.500. The van der Waals surface area contributed by atoms with Crippen molar-refractivity contribution < 1.29 is 9.53 Å². The third-order valence-electron chi connectivity index (χ3n) is 3.41. The van der Waals surface area contributed by atoms with Gasteiger partial charge in [0.2, 0.25) is 0 Å². The molecule has 0 radical (unpaired) electrons. The summed E-state index contributed by atoms with van der Waals surface area (Å²) in [6.45, 7) is 3.35. The molecule has 2 N–H and O–H groups in total. The molecular formula is C14H20N2O2. The Morgan fingerprint density at radius 2 is 2.28 bits per heavy atom. The fourth-order valence-corrected chi connectivity index (χ4v) is 2.44. The molecule has 1 heterocycles. The fourth-order valence-electron chi connectivity index (χ4n) is 2.44. The van der Waals surface area contributed by atoms with E-state index >= 15 is 0 Å². The molecule has 1 unspecified atom stereocenters. The van der Waals surface area contributed by atoms with Crippen molar-refractivity contribution in [3.05, 3.63) is 29.3 Å². The Labute approximate surface area is 108 Å². The zero-order valence-electron chi connectivity index (χ0n) is 11.0. The van der Waals surface area contributed by atoms with Gasteiger partial charge < -0.3 is 15.4 Å². The average molecular weight is 248 g/mol. The Morgan fingerprint density at radius 3 is 2.94 bits per heavy atom. The number of hydrogen-bond donors (Lipinski definition) is 1. The van der Waals surface area contributed by atoms with E-state index in [1.165, 1.54) is 0 Å². The molecule has 4 nitrogen and oxygen atoms in total. The molecule has 0 aliphatic carbocycles. The highest BCUT2D eigenvalue weighted by Gasteiger charge is 2.25. The molecule has 2 rings (SSSR count). The quantitative estimate of drug-likeness (QED) is 0.864. The van der Waals surface area contributed by atoms with E-state index in [0.29, 0.717) is 17.9 Å². The number of carbonyl (C=O) groups is 1. The van der Waals surface area contributed by atoms with Crippen molar-refractivity contribution in [1.29, 1.82) is 0 Å². The van der Waals surface area contributed by atoms with Gasteiger partial charge in [0.15, 0.2) is 0 Å². The number of amides is 1. The lowest BCUT2D eigenvalue weighted by Gasteiger charge is -2.31. The van der Waals surface area contributed by atoms with Crippen LogP contribution in [0.2, 0.25) is 0 Å². The maximum atomic E-state index is 12.5. The van der Waals surface area contributed by atoms with E-state index in [1.807, 2.05) is 30.0 Å². The molecule has 1 saturated heterocycles. The zero-order valence-corrected chi connectivity index (χ0v) is 11.0. The van der Waals surface area contributed by atoms with E-state index in [0.717, 1.165) is 24.9 Å². The van der Waals surface area contributed by atoms with Gasteiger partial charge in [0.05, 0.1) is 12.7 Å². The second kappa shape index (κ2) is 5.40. The minimum Gasteiger partial charge on any atom is -0.496 e. The van der Waals surface area contributed by atoms with Crippen molar-refractivity contribution in [2.75, 3.05) is 20.2 Å². The predicted molar refractivity (Wildman–Crippen MR) is 70.8 cm³/mol. The van der Waals surface area contributed by atoms with Gasteiger partial charge in [-0.3, -0.25) is 4.79 Å². The van der Waals surface area contributed by atoms with Crippen LogP contribution in [0.3, 0.4) is 0 Å². The van der Waals surface area contributed by atoms with Crippen LogP contribution in [0, 0.1) is 6.92 Å². The zero-order chi connectivity index (χ0) is 13.1. The molecule has 0 aromatic heterocycles. The molecule has 0 spiro atoms. The van der Waals surface area contributed by atoms with E-state index in [1.54, 1.807) is 7.11 Å². The van der Waals surface area contributed by atoms with Crippen LogP contribution in [0.25, 0.3) is 0 Å². The van der Waals surface area contributed by atoms with Gasteiger partial charge in [0, 0.05) is 19.1 Å². The van der Waals surface area contributed by atoms with Crippen molar-refractivity contribution in [3.8, 4) is 5.75 Å². The minimum absolute atomic E-state index is 0.0279. The largest absolute Gasteiger partial charge is 0.496 e. The number of carbonyl (C=O) groups excluding carboxylic acids is 1. The molecular weight excluding hydrogens is 228 g/mol. The van der Waals surface area contributed by atoms with E-state index in [4.69, 9.17) is 10.5 Å². The Hall–Kier alpha value is -1.55. The van der Waals surface area contributed by atoms with Crippen molar-refractivity contribution in [2.24, 2.45) is 5.73 Å². The second-order valence-electron chi connectivity index (χ2n) is 4.81. The highest BCUT2D eigenvalue weighted by atomic mass is 16.5. The Kier molecular flexibility index (Phi) is 3.87. The summed E-state index contributed by atoms with van der Waals surface area (Å²) in [5.74, 6) is 0.666. The molecule has 1 atom stereocenters. The monoisotopic (exact) mass is 248 g/mol. The van der Waals surface area contributed by atoms with Crippen molar-refractivity contribution >= 4 is 5.91 Å². The van der Waals surface area contributed by atoms with Crippen LogP contribution in [0.1, 0.15) is 28.8 Å². The van der Waals surface area contributed by atoms with Gasteiger partial charge in [-0.25, -0.2) is 0 Å². The number of piperidine rings is 1. The van der Waals surface area contributed by atoms with E-state index in [9.17, 15) is 4.79 Å². The van der Waals surface area contributed by atoms with Crippen molar-refractivity contribution in [2.45, 2.75) is 25.8 Å². The third kappa shape index (κ3) is 2.48. The third-order valence-corrected chi connectivity index (χ3v) is 3.41. The lowest BCUT2D eigenvalue weighted by atomic mass is 10.0. The summed E-state index contributed by atoms with van der Waals surface area (Å²) in [6, 6.07) is 5.74. The summed E-state index contributed by atoms with van der Waals surface area (Å²) >= 11 is 0. The molecule has 0 saturated carbocycles. The number of likely N-dealkylation sites (tertiary alicyclic amines) is 1. The minimum atomic E-state index is 0.0279. The summed E-state index contributed by atoms with van der Waals surface area (Å²) in [5.41, 5.74) is 7.53. The molecule has 1 aromatic carbocycles. The average Bonchev–Trinajstić information content (AvgIpc) is 2.37. The van der Waals surface area contributed by atoms with Gasteiger partial charge in [0.1, 0.15) is 5.75 Å². The number of nitrogens with two attached hydrogens (primary N) is 1. The topological polar surface area (TPSA) is 55.6 Å². The van der Waals surface area contributed by atoms with Gasteiger partial charge in [-0.15, -0.1) is 0 Å². The van der Waals surface area contributed by atoms with Crippen LogP contribution in [-0.4, -0.2) is 37.0 Å².